The maximum Gasteiger partial charge on any atom is 0.0332 e. The highest BCUT2D eigenvalue weighted by molar-refractivity contribution is 9.10. The quantitative estimate of drug-likeness (QED) is 0.166. The number of rotatable bonds is 5. The molecule has 0 saturated heterocycles. The number of hydrogen-bond acceptors (Lipinski definition) is 0. The van der Waals surface area contributed by atoms with Gasteiger partial charge in [-0.2, -0.15) is 0 Å². The number of allylic oxidation sites excluding steroid dienone is 5. The van der Waals surface area contributed by atoms with Crippen LogP contribution in [-0.4, -0.2) is 0 Å². The average Bonchev–Trinajstić information content (AvgIpc) is 2.90. The molecule has 0 amide bonds. The average molecular weight is 501 g/mol. The standard InChI is InChI=1S/C33H25Br/c1-23(25-13-5-3-6-14-25)21-27(22-24(2)26-15-7-4-8-16-26)32-28-17-9-11-19-30(28)33(34)31-20-12-10-18-29(31)32/h3-22H,1H2,2H3/b24-22+,27-21+. The van der Waals surface area contributed by atoms with E-state index in [0.29, 0.717) is 0 Å². The zero-order valence-corrected chi connectivity index (χ0v) is 20.7. The van der Waals surface area contributed by atoms with Crippen LogP contribution in [0.1, 0.15) is 23.6 Å². The summed E-state index contributed by atoms with van der Waals surface area (Å²) < 4.78 is 1.13. The van der Waals surface area contributed by atoms with Gasteiger partial charge in [0.15, 0.2) is 0 Å². The van der Waals surface area contributed by atoms with Crippen LogP contribution >= 0.6 is 15.9 Å². The van der Waals surface area contributed by atoms with Crippen molar-refractivity contribution in [3.63, 3.8) is 0 Å². The minimum Gasteiger partial charge on any atom is -0.0911 e. The van der Waals surface area contributed by atoms with Gasteiger partial charge in [0, 0.05) is 4.47 Å². The van der Waals surface area contributed by atoms with E-state index in [1.165, 1.54) is 38.2 Å². The molecule has 0 saturated carbocycles. The van der Waals surface area contributed by atoms with Gasteiger partial charge in [-0.05, 0) is 83.9 Å². The predicted molar refractivity (Wildman–Crippen MR) is 153 cm³/mol. The lowest BCUT2D eigenvalue weighted by molar-refractivity contribution is 1.56. The molecule has 0 aliphatic carbocycles. The first-order valence-electron chi connectivity index (χ1n) is 11.4. The van der Waals surface area contributed by atoms with Crippen LogP contribution in [0.2, 0.25) is 0 Å². The zero-order chi connectivity index (χ0) is 23.5. The van der Waals surface area contributed by atoms with Crippen LogP contribution in [0, 0.1) is 0 Å². The largest absolute Gasteiger partial charge is 0.0911 e. The lowest BCUT2D eigenvalue weighted by Gasteiger charge is -2.16. The third-order valence-electron chi connectivity index (χ3n) is 6.23. The molecule has 34 heavy (non-hydrogen) atoms. The molecule has 0 nitrogen and oxygen atoms in total. The van der Waals surface area contributed by atoms with Gasteiger partial charge in [0.05, 0.1) is 0 Å². The predicted octanol–water partition coefficient (Wildman–Crippen LogP) is 9.96. The van der Waals surface area contributed by atoms with Crippen molar-refractivity contribution < 1.29 is 0 Å². The summed E-state index contributed by atoms with van der Waals surface area (Å²) in [5, 5.41) is 4.85. The van der Waals surface area contributed by atoms with E-state index in [-0.39, 0.29) is 0 Å². The fourth-order valence-electron chi connectivity index (χ4n) is 4.51. The highest BCUT2D eigenvalue weighted by Crippen LogP contribution is 2.41. The molecule has 0 aliphatic heterocycles. The second-order valence-corrected chi connectivity index (χ2v) is 9.26. The summed E-state index contributed by atoms with van der Waals surface area (Å²) in [6.07, 6.45) is 4.52. The van der Waals surface area contributed by atoms with E-state index in [0.717, 1.165) is 21.2 Å². The molecule has 5 rings (SSSR count). The maximum atomic E-state index is 4.43. The first-order chi connectivity index (χ1) is 16.6. The minimum atomic E-state index is 0.990. The Balaban J connectivity index is 1.83. The van der Waals surface area contributed by atoms with Crippen molar-refractivity contribution in [2.45, 2.75) is 6.92 Å². The summed E-state index contributed by atoms with van der Waals surface area (Å²) in [5.41, 5.74) is 6.91. The van der Waals surface area contributed by atoms with Crippen molar-refractivity contribution in [2.75, 3.05) is 0 Å². The van der Waals surface area contributed by atoms with Crippen molar-refractivity contribution in [1.29, 1.82) is 0 Å². The van der Waals surface area contributed by atoms with Crippen LogP contribution in [0.25, 0.3) is 38.3 Å². The molecule has 0 atom stereocenters. The molecule has 0 spiro atoms. The Bertz CT molecular complexity index is 1500. The summed E-state index contributed by atoms with van der Waals surface area (Å²) in [6.45, 7) is 6.61. The van der Waals surface area contributed by atoms with Crippen LogP contribution in [-0.2, 0) is 0 Å². The Morgan fingerprint density at radius 3 is 1.56 bits per heavy atom. The Labute approximate surface area is 209 Å². The molecule has 0 aromatic heterocycles. The van der Waals surface area contributed by atoms with Gasteiger partial charge in [0.2, 0.25) is 0 Å². The molecular formula is C33H25Br. The Hall–Kier alpha value is -3.68. The van der Waals surface area contributed by atoms with E-state index < -0.39 is 0 Å². The fourth-order valence-corrected chi connectivity index (χ4v) is 5.20. The summed E-state index contributed by atoms with van der Waals surface area (Å²) in [7, 11) is 0. The zero-order valence-electron chi connectivity index (χ0n) is 19.1. The Kier molecular flexibility index (Phi) is 6.29. The van der Waals surface area contributed by atoms with Crippen molar-refractivity contribution in [2.24, 2.45) is 0 Å². The lowest BCUT2D eigenvalue weighted by Crippen LogP contribution is -1.92. The van der Waals surface area contributed by atoms with E-state index in [4.69, 9.17) is 0 Å². The van der Waals surface area contributed by atoms with E-state index in [1.54, 1.807) is 0 Å². The van der Waals surface area contributed by atoms with Crippen molar-refractivity contribution in [3.8, 4) is 0 Å². The molecule has 0 bridgehead atoms. The molecule has 0 aliphatic rings. The van der Waals surface area contributed by atoms with Gasteiger partial charge in [0.25, 0.3) is 0 Å². The summed E-state index contributed by atoms with van der Waals surface area (Å²) >= 11 is 3.89. The highest BCUT2D eigenvalue weighted by Gasteiger charge is 2.15. The summed E-state index contributed by atoms with van der Waals surface area (Å²) in [5.74, 6) is 0. The third kappa shape index (κ3) is 4.27. The molecule has 0 heterocycles. The molecule has 1 heteroatoms. The van der Waals surface area contributed by atoms with Gasteiger partial charge in [-0.15, -0.1) is 0 Å². The first kappa shape index (κ1) is 22.1. The lowest BCUT2D eigenvalue weighted by atomic mass is 9.89. The topological polar surface area (TPSA) is 0 Å². The molecular weight excluding hydrogens is 476 g/mol. The maximum absolute atomic E-state index is 4.43. The molecule has 0 fully saturated rings. The SMILES string of the molecule is C=C(/C=C(\C=C(/C)c1ccccc1)c1c2ccccc2c(Br)c2ccccc12)c1ccccc1. The fraction of sp³-hybridized carbons (Fsp3) is 0.0303. The van der Waals surface area contributed by atoms with Gasteiger partial charge in [-0.1, -0.05) is 122 Å². The molecule has 5 aromatic carbocycles. The Morgan fingerprint density at radius 2 is 1.03 bits per heavy atom. The second kappa shape index (κ2) is 9.67. The van der Waals surface area contributed by atoms with E-state index >= 15 is 0 Å². The van der Waals surface area contributed by atoms with Gasteiger partial charge >= 0.3 is 0 Å². The van der Waals surface area contributed by atoms with Crippen LogP contribution < -0.4 is 0 Å². The van der Waals surface area contributed by atoms with Crippen LogP contribution in [0.15, 0.2) is 132 Å². The van der Waals surface area contributed by atoms with Gasteiger partial charge < -0.3 is 0 Å². The Morgan fingerprint density at radius 1 is 0.588 bits per heavy atom. The van der Waals surface area contributed by atoms with Crippen molar-refractivity contribution >= 4 is 54.2 Å². The highest BCUT2D eigenvalue weighted by atomic mass is 79.9. The van der Waals surface area contributed by atoms with E-state index in [9.17, 15) is 0 Å². The molecule has 0 N–H and O–H groups in total. The van der Waals surface area contributed by atoms with Gasteiger partial charge in [-0.25, -0.2) is 0 Å². The normalized spacial score (nSPS) is 12.3. The van der Waals surface area contributed by atoms with E-state index in [2.05, 4.69) is 145 Å². The van der Waals surface area contributed by atoms with Crippen LogP contribution in [0.3, 0.4) is 0 Å². The smallest absolute Gasteiger partial charge is 0.0332 e. The minimum absolute atomic E-state index is 0.990. The monoisotopic (exact) mass is 500 g/mol. The molecule has 5 aromatic rings. The molecule has 0 radical (unpaired) electrons. The molecule has 0 unspecified atom stereocenters. The summed E-state index contributed by atoms with van der Waals surface area (Å²) in [6, 6.07) is 38.2. The first-order valence-corrected chi connectivity index (χ1v) is 12.2. The van der Waals surface area contributed by atoms with Crippen LogP contribution in [0.5, 0.6) is 0 Å². The summed E-state index contributed by atoms with van der Waals surface area (Å²) in [4.78, 5) is 0. The number of halogens is 1. The van der Waals surface area contributed by atoms with E-state index in [1.807, 2.05) is 6.07 Å². The van der Waals surface area contributed by atoms with Gasteiger partial charge in [-0.3, -0.25) is 0 Å². The van der Waals surface area contributed by atoms with Crippen molar-refractivity contribution in [3.05, 3.63) is 149 Å². The number of benzene rings is 5. The number of fused-ring (bicyclic) bond motifs is 2. The third-order valence-corrected chi connectivity index (χ3v) is 7.08. The second-order valence-electron chi connectivity index (χ2n) is 8.46. The van der Waals surface area contributed by atoms with Crippen LogP contribution in [0.4, 0.5) is 0 Å². The van der Waals surface area contributed by atoms with Crippen molar-refractivity contribution in [1.82, 2.24) is 0 Å². The molecule has 164 valence electrons. The number of hydrogen-bond donors (Lipinski definition) is 0. The van der Waals surface area contributed by atoms with Gasteiger partial charge in [0.1, 0.15) is 0 Å².